The molecule has 3 nitrogen and oxygen atoms in total. The molecule has 10 aromatic rings. The fourth-order valence-electron chi connectivity index (χ4n) is 7.51. The van der Waals surface area contributed by atoms with E-state index < -0.39 is 0 Å². The van der Waals surface area contributed by atoms with Gasteiger partial charge in [-0.2, -0.15) is 0 Å². The summed E-state index contributed by atoms with van der Waals surface area (Å²) in [6.45, 7) is 0. The number of rotatable bonds is 5. The second-order valence-electron chi connectivity index (χ2n) is 12.6. The van der Waals surface area contributed by atoms with Gasteiger partial charge in [0, 0.05) is 49.7 Å². The molecule has 10 rings (SSSR count). The molecule has 0 radical (unpaired) electrons. The Bertz CT molecular complexity index is 2830. The van der Waals surface area contributed by atoms with Gasteiger partial charge in [0.1, 0.15) is 11.2 Å². The fourth-order valence-corrected chi connectivity index (χ4v) is 7.51. The van der Waals surface area contributed by atoms with E-state index >= 15 is 0 Å². The van der Waals surface area contributed by atoms with Crippen LogP contribution in [0.25, 0.3) is 71.3 Å². The maximum atomic E-state index is 6.24. The van der Waals surface area contributed by atoms with Crippen LogP contribution in [-0.4, -0.2) is 4.57 Å². The lowest BCUT2D eigenvalue weighted by Crippen LogP contribution is -2.10. The molecule has 0 fully saturated rings. The van der Waals surface area contributed by atoms with Gasteiger partial charge in [0.2, 0.25) is 0 Å². The van der Waals surface area contributed by atoms with E-state index in [4.69, 9.17) is 4.42 Å². The van der Waals surface area contributed by atoms with Crippen molar-refractivity contribution in [3.63, 3.8) is 0 Å². The molecule has 0 aliphatic carbocycles. The van der Waals surface area contributed by atoms with E-state index in [1.165, 1.54) is 43.7 Å². The summed E-state index contributed by atoms with van der Waals surface area (Å²) in [6.07, 6.45) is 0. The molecule has 0 bridgehead atoms. The largest absolute Gasteiger partial charge is 0.456 e. The fraction of sp³-hybridized carbons (Fsp3) is 0. The molecule has 2 heterocycles. The summed E-state index contributed by atoms with van der Waals surface area (Å²) in [5, 5.41) is 7.11. The minimum atomic E-state index is 0.885. The average molecular weight is 627 g/mol. The molecule has 0 aliphatic heterocycles. The molecule has 0 saturated heterocycles. The molecule has 0 N–H and O–H groups in total. The van der Waals surface area contributed by atoms with Gasteiger partial charge >= 0.3 is 0 Å². The molecule has 0 spiro atoms. The Morgan fingerprint density at radius 1 is 0.388 bits per heavy atom. The van der Waals surface area contributed by atoms with Gasteiger partial charge in [-0.15, -0.1) is 0 Å². The lowest BCUT2D eigenvalue weighted by molar-refractivity contribution is 0.669. The van der Waals surface area contributed by atoms with Crippen LogP contribution in [0.1, 0.15) is 0 Å². The quantitative estimate of drug-likeness (QED) is 0.190. The monoisotopic (exact) mass is 626 g/mol. The van der Waals surface area contributed by atoms with Crippen molar-refractivity contribution >= 4 is 71.6 Å². The highest BCUT2D eigenvalue weighted by Crippen LogP contribution is 2.43. The second-order valence-corrected chi connectivity index (χ2v) is 12.6. The summed E-state index contributed by atoms with van der Waals surface area (Å²) in [5.74, 6) is 0. The lowest BCUT2D eigenvalue weighted by Gasteiger charge is -2.26. The smallest absolute Gasteiger partial charge is 0.135 e. The predicted octanol–water partition coefficient (Wildman–Crippen LogP) is 13.0. The Hall–Kier alpha value is -6.58. The van der Waals surface area contributed by atoms with E-state index in [1.807, 2.05) is 12.1 Å². The highest BCUT2D eigenvalue weighted by Gasteiger charge is 2.19. The molecule has 8 aromatic carbocycles. The van der Waals surface area contributed by atoms with E-state index in [9.17, 15) is 0 Å². The summed E-state index contributed by atoms with van der Waals surface area (Å²) in [4.78, 5) is 2.38. The van der Waals surface area contributed by atoms with Crippen molar-refractivity contribution in [3.8, 4) is 16.8 Å². The SMILES string of the molecule is c1ccc(-c2cccc(N(c3ccc4oc5ccccc5c4c3)c3ccc4ccc5c6ccccc6n(-c6ccccc6)c5c4c3)c2)cc1. The zero-order valence-electron chi connectivity index (χ0n) is 26.6. The van der Waals surface area contributed by atoms with Gasteiger partial charge in [0.25, 0.3) is 0 Å². The van der Waals surface area contributed by atoms with Crippen LogP contribution in [0.5, 0.6) is 0 Å². The first-order valence-electron chi connectivity index (χ1n) is 16.7. The summed E-state index contributed by atoms with van der Waals surface area (Å²) in [6, 6.07) is 65.1. The van der Waals surface area contributed by atoms with Crippen molar-refractivity contribution in [3.05, 3.63) is 182 Å². The number of furan rings is 1. The Labute approximate surface area is 283 Å². The number of hydrogen-bond donors (Lipinski definition) is 0. The molecule has 0 saturated carbocycles. The van der Waals surface area contributed by atoms with E-state index in [1.54, 1.807) is 0 Å². The Kier molecular flexibility index (Phi) is 6.18. The van der Waals surface area contributed by atoms with Gasteiger partial charge in [-0.3, -0.25) is 0 Å². The molecule has 3 heteroatoms. The number of hydrogen-bond acceptors (Lipinski definition) is 2. The van der Waals surface area contributed by atoms with E-state index in [2.05, 4.69) is 179 Å². The van der Waals surface area contributed by atoms with Crippen LogP contribution in [-0.2, 0) is 0 Å². The topological polar surface area (TPSA) is 21.3 Å². The molecule has 230 valence electrons. The summed E-state index contributed by atoms with van der Waals surface area (Å²) in [7, 11) is 0. The van der Waals surface area contributed by atoms with Gasteiger partial charge in [-0.05, 0) is 83.2 Å². The van der Waals surface area contributed by atoms with Crippen molar-refractivity contribution in [1.29, 1.82) is 0 Å². The molecule has 0 unspecified atom stereocenters. The molecule has 0 amide bonds. The average Bonchev–Trinajstić information content (AvgIpc) is 3.72. The van der Waals surface area contributed by atoms with Crippen molar-refractivity contribution in [2.75, 3.05) is 4.90 Å². The van der Waals surface area contributed by atoms with Crippen LogP contribution in [0, 0.1) is 0 Å². The molecule has 0 aliphatic rings. The van der Waals surface area contributed by atoms with Crippen LogP contribution in [0.15, 0.2) is 186 Å². The maximum absolute atomic E-state index is 6.24. The third-order valence-corrected chi connectivity index (χ3v) is 9.74. The summed E-state index contributed by atoms with van der Waals surface area (Å²) < 4.78 is 8.66. The van der Waals surface area contributed by atoms with E-state index in [0.717, 1.165) is 44.7 Å². The van der Waals surface area contributed by atoms with Crippen molar-refractivity contribution < 1.29 is 4.42 Å². The van der Waals surface area contributed by atoms with E-state index in [0.29, 0.717) is 0 Å². The lowest BCUT2D eigenvalue weighted by atomic mass is 10.0. The number of benzene rings is 8. The van der Waals surface area contributed by atoms with Crippen LogP contribution in [0.2, 0.25) is 0 Å². The first-order valence-corrected chi connectivity index (χ1v) is 16.7. The van der Waals surface area contributed by atoms with Crippen molar-refractivity contribution in [1.82, 2.24) is 4.57 Å². The number of nitrogens with zero attached hydrogens (tertiary/aromatic N) is 2. The first kappa shape index (κ1) is 27.5. The highest BCUT2D eigenvalue weighted by molar-refractivity contribution is 6.19. The maximum Gasteiger partial charge on any atom is 0.135 e. The molecular weight excluding hydrogens is 597 g/mol. The van der Waals surface area contributed by atoms with Crippen LogP contribution in [0.4, 0.5) is 17.1 Å². The first-order chi connectivity index (χ1) is 24.3. The Morgan fingerprint density at radius 2 is 1.02 bits per heavy atom. The van der Waals surface area contributed by atoms with Gasteiger partial charge in [0.05, 0.1) is 11.0 Å². The zero-order valence-corrected chi connectivity index (χ0v) is 26.6. The van der Waals surface area contributed by atoms with E-state index in [-0.39, 0.29) is 0 Å². The number of anilines is 3. The van der Waals surface area contributed by atoms with Crippen molar-refractivity contribution in [2.24, 2.45) is 0 Å². The van der Waals surface area contributed by atoms with Crippen LogP contribution < -0.4 is 4.90 Å². The van der Waals surface area contributed by atoms with Gasteiger partial charge in [-0.1, -0.05) is 115 Å². The van der Waals surface area contributed by atoms with Crippen LogP contribution >= 0.6 is 0 Å². The Morgan fingerprint density at radius 3 is 1.88 bits per heavy atom. The highest BCUT2D eigenvalue weighted by atomic mass is 16.3. The number of fused-ring (bicyclic) bond motifs is 8. The number of para-hydroxylation sites is 3. The minimum Gasteiger partial charge on any atom is -0.456 e. The molecule has 0 atom stereocenters. The Balaban J connectivity index is 1.26. The van der Waals surface area contributed by atoms with Gasteiger partial charge < -0.3 is 13.9 Å². The standard InChI is InChI=1S/C46H30N2O/c1-3-12-31(13-4-1)33-14-11-17-35(28-33)47(37-25-27-45-42(30-37)39-19-8-10-21-44(39)49-45)36-24-22-32-23-26-40-38-18-7-9-20-43(38)48(46(40)41(32)29-36)34-15-5-2-6-16-34/h1-30H. The van der Waals surface area contributed by atoms with Gasteiger partial charge in [-0.25, -0.2) is 0 Å². The van der Waals surface area contributed by atoms with Gasteiger partial charge in [0.15, 0.2) is 0 Å². The van der Waals surface area contributed by atoms with Crippen molar-refractivity contribution in [2.45, 2.75) is 0 Å². The minimum absolute atomic E-state index is 0.885. The molecule has 49 heavy (non-hydrogen) atoms. The third-order valence-electron chi connectivity index (χ3n) is 9.74. The number of aromatic nitrogens is 1. The normalized spacial score (nSPS) is 11.7. The van der Waals surface area contributed by atoms with Crippen LogP contribution in [0.3, 0.4) is 0 Å². The zero-order chi connectivity index (χ0) is 32.3. The summed E-state index contributed by atoms with van der Waals surface area (Å²) >= 11 is 0. The molecular formula is C46H30N2O. The predicted molar refractivity (Wildman–Crippen MR) is 206 cm³/mol. The third kappa shape index (κ3) is 4.44. The summed E-state index contributed by atoms with van der Waals surface area (Å²) in [5.41, 5.74) is 10.9. The molecule has 2 aromatic heterocycles. The second kappa shape index (κ2) is 11.0.